The molecule has 0 bridgehead atoms. The molecule has 0 spiro atoms. The molecule has 3 nitrogen and oxygen atoms in total. The first-order valence-corrected chi connectivity index (χ1v) is 6.45. The van der Waals surface area contributed by atoms with Crippen LogP contribution in [0.2, 0.25) is 0 Å². The molecule has 1 rings (SSSR count). The molecule has 0 saturated heterocycles. The van der Waals surface area contributed by atoms with Gasteiger partial charge in [-0.2, -0.15) is 0 Å². The number of sulfone groups is 1. The third-order valence-electron chi connectivity index (χ3n) is 2.33. The van der Waals surface area contributed by atoms with Crippen LogP contribution in [0, 0.1) is 0 Å². The van der Waals surface area contributed by atoms with Gasteiger partial charge in [0.1, 0.15) is 6.29 Å². The van der Waals surface area contributed by atoms with E-state index in [9.17, 15) is 13.2 Å². The molecule has 1 atom stereocenters. The minimum absolute atomic E-state index is 0.0512. The molecule has 0 radical (unpaired) electrons. The smallest absolute Gasteiger partial charge is 0.178 e. The molecule has 15 heavy (non-hydrogen) atoms. The third-order valence-corrected chi connectivity index (χ3v) is 4.13. The number of hydrogen-bond acceptors (Lipinski definition) is 3. The van der Waals surface area contributed by atoms with Crippen LogP contribution in [-0.2, 0) is 14.6 Å². The van der Waals surface area contributed by atoms with Crippen molar-refractivity contribution in [2.24, 2.45) is 0 Å². The van der Waals surface area contributed by atoms with Crippen molar-refractivity contribution in [2.75, 3.05) is 5.75 Å². The predicted octanol–water partition coefficient (Wildman–Crippen LogP) is 1.78. The predicted molar refractivity (Wildman–Crippen MR) is 58.6 cm³/mol. The van der Waals surface area contributed by atoms with Crippen LogP contribution in [0.5, 0.6) is 0 Å². The molecule has 0 heterocycles. The van der Waals surface area contributed by atoms with E-state index in [1.807, 2.05) is 0 Å². The first-order valence-electron chi connectivity index (χ1n) is 4.80. The number of carbonyl (C=O) groups excluding carboxylic acids is 1. The van der Waals surface area contributed by atoms with E-state index < -0.39 is 9.84 Å². The van der Waals surface area contributed by atoms with Crippen LogP contribution in [0.15, 0.2) is 29.2 Å². The van der Waals surface area contributed by atoms with E-state index in [1.54, 1.807) is 38.1 Å². The molecule has 0 fully saturated rings. The first-order chi connectivity index (χ1) is 7.03. The SMILES string of the molecule is CCS(=O)(=O)c1ccccc1C(C)C=O. The highest BCUT2D eigenvalue weighted by Crippen LogP contribution is 2.23. The number of benzene rings is 1. The molecule has 1 aromatic carbocycles. The molecule has 0 aliphatic heterocycles. The van der Waals surface area contributed by atoms with Gasteiger partial charge < -0.3 is 4.79 Å². The highest BCUT2D eigenvalue weighted by Gasteiger charge is 2.18. The summed E-state index contributed by atoms with van der Waals surface area (Å²) < 4.78 is 23.5. The van der Waals surface area contributed by atoms with Gasteiger partial charge >= 0.3 is 0 Å². The molecule has 0 amide bonds. The Kier molecular flexibility index (Phi) is 3.63. The fraction of sp³-hybridized carbons (Fsp3) is 0.364. The number of rotatable bonds is 4. The van der Waals surface area contributed by atoms with Gasteiger partial charge in [0.15, 0.2) is 9.84 Å². The normalized spacial score (nSPS) is 13.5. The van der Waals surface area contributed by atoms with Crippen molar-refractivity contribution in [1.29, 1.82) is 0 Å². The van der Waals surface area contributed by atoms with Gasteiger partial charge in [-0.25, -0.2) is 8.42 Å². The van der Waals surface area contributed by atoms with Crippen LogP contribution >= 0.6 is 0 Å². The summed E-state index contributed by atoms with van der Waals surface area (Å²) in [6.45, 7) is 3.29. The minimum atomic E-state index is -3.24. The summed E-state index contributed by atoms with van der Waals surface area (Å²) in [5.74, 6) is -0.335. The van der Waals surface area contributed by atoms with E-state index >= 15 is 0 Å². The fourth-order valence-corrected chi connectivity index (χ4v) is 2.58. The monoisotopic (exact) mass is 226 g/mol. The molecule has 0 aromatic heterocycles. The molecular formula is C11H14O3S. The van der Waals surface area contributed by atoms with Crippen molar-refractivity contribution in [2.45, 2.75) is 24.7 Å². The van der Waals surface area contributed by atoms with Crippen LogP contribution < -0.4 is 0 Å². The highest BCUT2D eigenvalue weighted by molar-refractivity contribution is 7.91. The van der Waals surface area contributed by atoms with Gasteiger partial charge in [0.25, 0.3) is 0 Å². The van der Waals surface area contributed by atoms with E-state index in [0.29, 0.717) is 5.56 Å². The van der Waals surface area contributed by atoms with Crippen molar-refractivity contribution in [3.05, 3.63) is 29.8 Å². The fourth-order valence-electron chi connectivity index (χ4n) is 1.37. The third kappa shape index (κ3) is 2.45. The Morgan fingerprint density at radius 2 is 1.93 bits per heavy atom. The van der Waals surface area contributed by atoms with Gasteiger partial charge in [-0.1, -0.05) is 32.0 Å². The van der Waals surface area contributed by atoms with Crippen LogP contribution in [0.3, 0.4) is 0 Å². The van der Waals surface area contributed by atoms with Gasteiger partial charge in [-0.15, -0.1) is 0 Å². The van der Waals surface area contributed by atoms with Crippen molar-refractivity contribution < 1.29 is 13.2 Å². The Bertz CT molecular complexity index is 449. The molecule has 1 aromatic rings. The Balaban J connectivity index is 3.36. The van der Waals surface area contributed by atoms with Gasteiger partial charge in [-0.05, 0) is 11.6 Å². The zero-order chi connectivity index (χ0) is 11.5. The van der Waals surface area contributed by atoms with E-state index in [1.165, 1.54) is 0 Å². The van der Waals surface area contributed by atoms with E-state index in [-0.39, 0.29) is 16.6 Å². The lowest BCUT2D eigenvalue weighted by Gasteiger charge is -2.10. The first kappa shape index (κ1) is 11.9. The lowest BCUT2D eigenvalue weighted by Crippen LogP contribution is -2.09. The van der Waals surface area contributed by atoms with Gasteiger partial charge in [0.2, 0.25) is 0 Å². The van der Waals surface area contributed by atoms with Gasteiger partial charge in [0, 0.05) is 5.92 Å². The van der Waals surface area contributed by atoms with Crippen LogP contribution in [0.1, 0.15) is 25.3 Å². The molecule has 0 saturated carbocycles. The summed E-state index contributed by atoms with van der Waals surface area (Å²) in [7, 11) is -3.24. The maximum absolute atomic E-state index is 11.7. The standard InChI is InChI=1S/C11H14O3S/c1-3-15(13,14)11-7-5-4-6-10(11)9(2)8-12/h4-9H,3H2,1-2H3. The van der Waals surface area contributed by atoms with E-state index in [2.05, 4.69) is 0 Å². The molecule has 0 aliphatic carbocycles. The van der Waals surface area contributed by atoms with Crippen LogP contribution in [0.4, 0.5) is 0 Å². The Labute approximate surface area is 90.0 Å². The Morgan fingerprint density at radius 1 is 1.33 bits per heavy atom. The van der Waals surface area contributed by atoms with Crippen molar-refractivity contribution in [3.8, 4) is 0 Å². The maximum atomic E-state index is 11.7. The van der Waals surface area contributed by atoms with Crippen molar-refractivity contribution >= 4 is 16.1 Å². The van der Waals surface area contributed by atoms with Crippen molar-refractivity contribution in [3.63, 3.8) is 0 Å². The Morgan fingerprint density at radius 3 is 2.47 bits per heavy atom. The summed E-state index contributed by atoms with van der Waals surface area (Å²) in [5.41, 5.74) is 0.578. The zero-order valence-electron chi connectivity index (χ0n) is 8.80. The second-order valence-electron chi connectivity index (χ2n) is 3.37. The quantitative estimate of drug-likeness (QED) is 0.735. The van der Waals surface area contributed by atoms with Crippen molar-refractivity contribution in [1.82, 2.24) is 0 Å². The average Bonchev–Trinajstić information content (AvgIpc) is 2.28. The van der Waals surface area contributed by atoms with Gasteiger partial charge in [0.05, 0.1) is 10.6 Å². The lowest BCUT2D eigenvalue weighted by atomic mass is 10.0. The summed E-state index contributed by atoms with van der Waals surface area (Å²) in [6, 6.07) is 6.64. The molecule has 1 unspecified atom stereocenters. The van der Waals surface area contributed by atoms with Crippen LogP contribution in [-0.4, -0.2) is 20.5 Å². The van der Waals surface area contributed by atoms with Crippen LogP contribution in [0.25, 0.3) is 0 Å². The number of hydrogen-bond donors (Lipinski definition) is 0. The van der Waals surface area contributed by atoms with E-state index in [0.717, 1.165) is 6.29 Å². The summed E-state index contributed by atoms with van der Waals surface area (Å²) in [6.07, 6.45) is 0.754. The highest BCUT2D eigenvalue weighted by atomic mass is 32.2. The average molecular weight is 226 g/mol. The second kappa shape index (κ2) is 4.57. The van der Waals surface area contributed by atoms with E-state index in [4.69, 9.17) is 0 Å². The molecular weight excluding hydrogens is 212 g/mol. The number of aldehydes is 1. The minimum Gasteiger partial charge on any atom is -0.303 e. The summed E-state index contributed by atoms with van der Waals surface area (Å²) in [5, 5.41) is 0. The van der Waals surface area contributed by atoms with Gasteiger partial charge in [-0.3, -0.25) is 0 Å². The number of carbonyl (C=O) groups is 1. The molecule has 4 heteroatoms. The largest absolute Gasteiger partial charge is 0.303 e. The molecule has 0 N–H and O–H groups in total. The summed E-state index contributed by atoms with van der Waals surface area (Å²) in [4.78, 5) is 10.9. The second-order valence-corrected chi connectivity index (χ2v) is 5.61. The topological polar surface area (TPSA) is 51.2 Å². The molecule has 82 valence electrons. The lowest BCUT2D eigenvalue weighted by molar-refractivity contribution is -0.108. The summed E-state index contributed by atoms with van der Waals surface area (Å²) >= 11 is 0. The zero-order valence-corrected chi connectivity index (χ0v) is 9.62. The maximum Gasteiger partial charge on any atom is 0.178 e. The Hall–Kier alpha value is -1.16. The molecule has 0 aliphatic rings.